The maximum Gasteiger partial charge on any atom is 0.338 e. The van der Waals surface area contributed by atoms with Crippen LogP contribution in [-0.4, -0.2) is 20.5 Å². The molecule has 0 saturated heterocycles. The molecule has 1 rings (SSSR count). The van der Waals surface area contributed by atoms with Gasteiger partial charge in [0, 0.05) is 0 Å². The average Bonchev–Trinajstić information content (AvgIpc) is 2.15. The SMILES string of the molecule is Cc1ccc(C(=O)OC(C)C)cc1S(N)(=O)=O. The molecule has 0 aliphatic rings. The lowest BCUT2D eigenvalue weighted by Crippen LogP contribution is -2.16. The van der Waals surface area contributed by atoms with E-state index < -0.39 is 16.0 Å². The summed E-state index contributed by atoms with van der Waals surface area (Å²) in [4.78, 5) is 11.5. The molecule has 0 atom stereocenters. The van der Waals surface area contributed by atoms with Crippen molar-refractivity contribution in [3.05, 3.63) is 29.3 Å². The predicted molar refractivity (Wildman–Crippen MR) is 63.1 cm³/mol. The highest BCUT2D eigenvalue weighted by atomic mass is 32.2. The van der Waals surface area contributed by atoms with Crippen LogP contribution in [0, 0.1) is 6.92 Å². The maximum atomic E-state index is 11.6. The fraction of sp³-hybridized carbons (Fsp3) is 0.364. The molecule has 0 unspecified atom stereocenters. The highest BCUT2D eigenvalue weighted by Crippen LogP contribution is 2.16. The quantitative estimate of drug-likeness (QED) is 0.824. The first kappa shape index (κ1) is 13.7. The van der Waals surface area contributed by atoms with Gasteiger partial charge in [-0.05, 0) is 38.5 Å². The minimum Gasteiger partial charge on any atom is -0.459 e. The number of aryl methyl sites for hydroxylation is 1. The van der Waals surface area contributed by atoms with E-state index in [0.29, 0.717) is 5.56 Å². The Morgan fingerprint density at radius 1 is 1.35 bits per heavy atom. The molecule has 0 heterocycles. The third kappa shape index (κ3) is 3.54. The number of carbonyl (C=O) groups is 1. The first-order chi connectivity index (χ1) is 7.71. The van der Waals surface area contributed by atoms with Gasteiger partial charge < -0.3 is 4.74 Å². The average molecular weight is 257 g/mol. The molecule has 0 radical (unpaired) electrons. The van der Waals surface area contributed by atoms with Gasteiger partial charge in [-0.15, -0.1) is 0 Å². The highest BCUT2D eigenvalue weighted by molar-refractivity contribution is 7.89. The van der Waals surface area contributed by atoms with Crippen molar-refractivity contribution in [3.8, 4) is 0 Å². The van der Waals surface area contributed by atoms with Crippen LogP contribution in [0.2, 0.25) is 0 Å². The number of primary sulfonamides is 1. The van der Waals surface area contributed by atoms with E-state index in [4.69, 9.17) is 9.88 Å². The molecule has 6 heteroatoms. The van der Waals surface area contributed by atoms with E-state index in [0.717, 1.165) is 0 Å². The van der Waals surface area contributed by atoms with E-state index in [1.54, 1.807) is 20.8 Å². The third-order valence-corrected chi connectivity index (χ3v) is 3.13. The summed E-state index contributed by atoms with van der Waals surface area (Å²) in [7, 11) is -3.83. The van der Waals surface area contributed by atoms with Crippen LogP contribution in [0.15, 0.2) is 23.1 Å². The minimum atomic E-state index is -3.83. The van der Waals surface area contributed by atoms with Crippen molar-refractivity contribution >= 4 is 16.0 Å². The standard InChI is InChI=1S/C11H15NO4S/c1-7(2)16-11(13)9-5-4-8(3)10(6-9)17(12,14)15/h4-7H,1-3H3,(H2,12,14,15). The number of nitrogens with two attached hydrogens (primary N) is 1. The normalized spacial score (nSPS) is 11.6. The van der Waals surface area contributed by atoms with Gasteiger partial charge in [0.25, 0.3) is 0 Å². The lowest BCUT2D eigenvalue weighted by Gasteiger charge is -2.09. The van der Waals surface area contributed by atoms with Crippen LogP contribution in [0.3, 0.4) is 0 Å². The summed E-state index contributed by atoms with van der Waals surface area (Å²) in [6.07, 6.45) is -0.262. The monoisotopic (exact) mass is 257 g/mol. The van der Waals surface area contributed by atoms with Crippen molar-refractivity contribution in [1.29, 1.82) is 0 Å². The highest BCUT2D eigenvalue weighted by Gasteiger charge is 2.16. The number of esters is 1. The molecule has 0 aliphatic carbocycles. The van der Waals surface area contributed by atoms with Crippen molar-refractivity contribution < 1.29 is 17.9 Å². The molecule has 0 aliphatic heterocycles. The molecule has 0 fully saturated rings. The Morgan fingerprint density at radius 2 is 1.94 bits per heavy atom. The summed E-state index contributed by atoms with van der Waals surface area (Å²) >= 11 is 0. The predicted octanol–water partition coefficient (Wildman–Crippen LogP) is 1.21. The number of benzene rings is 1. The largest absolute Gasteiger partial charge is 0.459 e. The molecule has 0 aromatic heterocycles. The molecule has 0 bridgehead atoms. The third-order valence-electron chi connectivity index (χ3n) is 2.07. The molecule has 0 amide bonds. The molecule has 1 aromatic carbocycles. The van der Waals surface area contributed by atoms with E-state index in [1.165, 1.54) is 18.2 Å². The molecule has 17 heavy (non-hydrogen) atoms. The van der Waals surface area contributed by atoms with E-state index >= 15 is 0 Å². The number of hydrogen-bond donors (Lipinski definition) is 1. The van der Waals surface area contributed by atoms with Gasteiger partial charge in [0.1, 0.15) is 0 Å². The Morgan fingerprint density at radius 3 is 2.41 bits per heavy atom. The van der Waals surface area contributed by atoms with Crippen LogP contribution in [0.4, 0.5) is 0 Å². The maximum absolute atomic E-state index is 11.6. The Hall–Kier alpha value is -1.40. The van der Waals surface area contributed by atoms with Crippen molar-refractivity contribution in [2.24, 2.45) is 5.14 Å². The zero-order valence-electron chi connectivity index (χ0n) is 9.93. The summed E-state index contributed by atoms with van der Waals surface area (Å²) in [5.74, 6) is -0.565. The number of ether oxygens (including phenoxy) is 1. The lowest BCUT2D eigenvalue weighted by atomic mass is 10.1. The number of sulfonamides is 1. The van der Waals surface area contributed by atoms with E-state index in [9.17, 15) is 13.2 Å². The molecule has 0 spiro atoms. The fourth-order valence-electron chi connectivity index (χ4n) is 1.32. The molecule has 0 saturated carbocycles. The first-order valence-electron chi connectivity index (χ1n) is 5.06. The van der Waals surface area contributed by atoms with Gasteiger partial charge in [-0.1, -0.05) is 6.07 Å². The van der Waals surface area contributed by atoms with E-state index in [2.05, 4.69) is 0 Å². The summed E-state index contributed by atoms with van der Waals surface area (Å²) in [6, 6.07) is 4.26. The zero-order chi connectivity index (χ0) is 13.2. The summed E-state index contributed by atoms with van der Waals surface area (Å²) < 4.78 is 27.5. The Kier molecular flexibility index (Phi) is 3.90. The number of carbonyl (C=O) groups excluding carboxylic acids is 1. The van der Waals surface area contributed by atoms with Crippen LogP contribution in [0.1, 0.15) is 29.8 Å². The van der Waals surface area contributed by atoms with Crippen LogP contribution in [0.5, 0.6) is 0 Å². The summed E-state index contributed by atoms with van der Waals surface area (Å²) in [6.45, 7) is 5.04. The van der Waals surface area contributed by atoms with Crippen LogP contribution >= 0.6 is 0 Å². The molecular weight excluding hydrogens is 242 g/mol. The van der Waals surface area contributed by atoms with Gasteiger partial charge in [0.05, 0.1) is 16.6 Å². The van der Waals surface area contributed by atoms with Gasteiger partial charge >= 0.3 is 5.97 Å². The van der Waals surface area contributed by atoms with E-state index in [-0.39, 0.29) is 16.6 Å². The first-order valence-corrected chi connectivity index (χ1v) is 6.61. The fourth-order valence-corrected chi connectivity index (χ4v) is 2.12. The molecule has 5 nitrogen and oxygen atoms in total. The van der Waals surface area contributed by atoms with Crippen molar-refractivity contribution in [1.82, 2.24) is 0 Å². The van der Waals surface area contributed by atoms with Crippen LogP contribution < -0.4 is 5.14 Å². The topological polar surface area (TPSA) is 86.5 Å². The summed E-state index contributed by atoms with van der Waals surface area (Å²) in [5, 5.41) is 5.05. The van der Waals surface area contributed by atoms with Crippen molar-refractivity contribution in [3.63, 3.8) is 0 Å². The number of hydrogen-bond acceptors (Lipinski definition) is 4. The Labute approximate surface area is 101 Å². The van der Waals surface area contributed by atoms with Crippen LogP contribution in [-0.2, 0) is 14.8 Å². The second kappa shape index (κ2) is 4.85. The minimum absolute atomic E-state index is 0.0595. The second-order valence-corrected chi connectivity index (χ2v) is 5.51. The van der Waals surface area contributed by atoms with E-state index in [1.807, 2.05) is 0 Å². The van der Waals surface area contributed by atoms with Gasteiger partial charge in [-0.25, -0.2) is 18.4 Å². The number of rotatable bonds is 3. The van der Waals surface area contributed by atoms with Crippen molar-refractivity contribution in [2.45, 2.75) is 31.8 Å². The van der Waals surface area contributed by atoms with Crippen LogP contribution in [0.25, 0.3) is 0 Å². The summed E-state index contributed by atoms with van der Waals surface area (Å²) in [5.41, 5.74) is 0.668. The lowest BCUT2D eigenvalue weighted by molar-refractivity contribution is 0.0377. The van der Waals surface area contributed by atoms with Gasteiger partial charge in [-0.3, -0.25) is 0 Å². The zero-order valence-corrected chi connectivity index (χ0v) is 10.7. The molecular formula is C11H15NO4S. The van der Waals surface area contributed by atoms with Gasteiger partial charge in [0.15, 0.2) is 0 Å². The molecule has 2 N–H and O–H groups in total. The van der Waals surface area contributed by atoms with Crippen molar-refractivity contribution in [2.75, 3.05) is 0 Å². The Balaban J connectivity index is 3.18. The smallest absolute Gasteiger partial charge is 0.338 e. The van der Waals surface area contributed by atoms with Gasteiger partial charge in [0.2, 0.25) is 10.0 Å². The molecule has 94 valence electrons. The Bertz CT molecular complexity index is 534. The second-order valence-electron chi connectivity index (χ2n) is 3.98. The van der Waals surface area contributed by atoms with Gasteiger partial charge in [-0.2, -0.15) is 0 Å². The molecule has 1 aromatic rings.